The summed E-state index contributed by atoms with van der Waals surface area (Å²) in [5, 5.41) is 8.85. The van der Waals surface area contributed by atoms with Crippen molar-refractivity contribution in [1.29, 1.82) is 0 Å². The highest BCUT2D eigenvalue weighted by atomic mass is 16.4. The lowest BCUT2D eigenvalue weighted by molar-refractivity contribution is -0.139. The fourth-order valence-corrected chi connectivity index (χ4v) is 2.29. The van der Waals surface area contributed by atoms with Gasteiger partial charge in [0.1, 0.15) is 0 Å². The molecule has 0 radical (unpaired) electrons. The SMILES string of the molecule is Cc1ccc(N(C)C(=O)[C@@H]2C[C@@H]2C(=O)O)c(C)c1. The maximum Gasteiger partial charge on any atom is 0.307 e. The molecule has 1 saturated carbocycles. The number of amides is 1. The van der Waals surface area contributed by atoms with Crippen LogP contribution in [0.3, 0.4) is 0 Å². The lowest BCUT2D eigenvalue weighted by Gasteiger charge is -2.20. The van der Waals surface area contributed by atoms with Gasteiger partial charge in [-0.05, 0) is 31.9 Å². The molecule has 0 aliphatic heterocycles. The fourth-order valence-electron chi connectivity index (χ4n) is 2.29. The molecule has 2 rings (SSSR count). The zero-order valence-electron chi connectivity index (χ0n) is 10.8. The van der Waals surface area contributed by atoms with Crippen molar-refractivity contribution >= 4 is 17.6 Å². The summed E-state index contributed by atoms with van der Waals surface area (Å²) in [7, 11) is 1.71. The molecule has 0 saturated heterocycles. The van der Waals surface area contributed by atoms with Crippen molar-refractivity contribution in [3.8, 4) is 0 Å². The van der Waals surface area contributed by atoms with Crippen molar-refractivity contribution in [3.05, 3.63) is 29.3 Å². The third kappa shape index (κ3) is 2.23. The number of hydrogen-bond donors (Lipinski definition) is 1. The molecule has 2 atom stereocenters. The second-order valence-electron chi connectivity index (χ2n) is 4.97. The van der Waals surface area contributed by atoms with E-state index in [1.165, 1.54) is 0 Å². The van der Waals surface area contributed by atoms with Crippen LogP contribution in [0.15, 0.2) is 18.2 Å². The number of rotatable bonds is 3. The van der Waals surface area contributed by atoms with Crippen molar-refractivity contribution in [2.24, 2.45) is 11.8 Å². The van der Waals surface area contributed by atoms with Gasteiger partial charge in [0.2, 0.25) is 5.91 Å². The van der Waals surface area contributed by atoms with Crippen molar-refractivity contribution in [2.45, 2.75) is 20.3 Å². The molecule has 1 aromatic rings. The molecule has 4 heteroatoms. The number of aliphatic carboxylic acids is 1. The Hall–Kier alpha value is -1.84. The van der Waals surface area contributed by atoms with Gasteiger partial charge < -0.3 is 10.0 Å². The topological polar surface area (TPSA) is 57.6 Å². The highest BCUT2D eigenvalue weighted by Crippen LogP contribution is 2.40. The van der Waals surface area contributed by atoms with Crippen molar-refractivity contribution in [1.82, 2.24) is 0 Å². The Morgan fingerprint density at radius 1 is 1.28 bits per heavy atom. The van der Waals surface area contributed by atoms with Gasteiger partial charge in [-0.3, -0.25) is 9.59 Å². The Bertz CT molecular complexity index is 510. The van der Waals surface area contributed by atoms with Crippen molar-refractivity contribution in [2.75, 3.05) is 11.9 Å². The van der Waals surface area contributed by atoms with Crippen LogP contribution in [0.5, 0.6) is 0 Å². The van der Waals surface area contributed by atoms with Crippen LogP contribution in [0.4, 0.5) is 5.69 Å². The normalized spacial score (nSPS) is 21.5. The van der Waals surface area contributed by atoms with E-state index in [0.717, 1.165) is 16.8 Å². The molecule has 1 N–H and O–H groups in total. The van der Waals surface area contributed by atoms with E-state index in [9.17, 15) is 9.59 Å². The fraction of sp³-hybridized carbons (Fsp3) is 0.429. The molecule has 0 heterocycles. The molecular weight excluding hydrogens is 230 g/mol. The lowest BCUT2D eigenvalue weighted by Crippen LogP contribution is -2.29. The number of carbonyl (C=O) groups is 2. The summed E-state index contributed by atoms with van der Waals surface area (Å²) in [6, 6.07) is 5.87. The Labute approximate surface area is 106 Å². The van der Waals surface area contributed by atoms with E-state index in [2.05, 4.69) is 0 Å². The van der Waals surface area contributed by atoms with E-state index in [1.54, 1.807) is 11.9 Å². The number of hydrogen-bond acceptors (Lipinski definition) is 2. The van der Waals surface area contributed by atoms with Gasteiger partial charge in [-0.15, -0.1) is 0 Å². The molecule has 4 nitrogen and oxygen atoms in total. The number of carboxylic acid groups (broad SMARTS) is 1. The lowest BCUT2D eigenvalue weighted by atomic mass is 10.1. The smallest absolute Gasteiger partial charge is 0.307 e. The number of aryl methyl sites for hydroxylation is 2. The average molecular weight is 247 g/mol. The largest absolute Gasteiger partial charge is 0.481 e. The first-order valence-electron chi connectivity index (χ1n) is 5.99. The minimum atomic E-state index is -0.873. The van der Waals surface area contributed by atoms with Gasteiger partial charge in [0.05, 0.1) is 11.8 Å². The molecule has 1 amide bonds. The average Bonchev–Trinajstić information content (AvgIpc) is 3.07. The zero-order chi connectivity index (χ0) is 13.4. The van der Waals surface area contributed by atoms with E-state index in [4.69, 9.17) is 5.11 Å². The maximum atomic E-state index is 12.1. The van der Waals surface area contributed by atoms with Gasteiger partial charge in [-0.2, -0.15) is 0 Å². The Morgan fingerprint density at radius 3 is 2.44 bits per heavy atom. The van der Waals surface area contributed by atoms with Crippen LogP contribution in [0.2, 0.25) is 0 Å². The molecule has 96 valence electrons. The van der Waals surface area contributed by atoms with Crippen LogP contribution in [-0.2, 0) is 9.59 Å². The standard InChI is InChI=1S/C14H17NO3/c1-8-4-5-12(9(2)6-8)15(3)13(16)10-7-11(10)14(17)18/h4-6,10-11H,7H2,1-3H3,(H,17,18)/t10-,11+/m1/s1. The Balaban J connectivity index is 2.14. The third-order valence-corrected chi connectivity index (χ3v) is 3.47. The van der Waals surface area contributed by atoms with Crippen LogP contribution < -0.4 is 4.90 Å². The summed E-state index contributed by atoms with van der Waals surface area (Å²) in [4.78, 5) is 24.5. The molecule has 1 fully saturated rings. The van der Waals surface area contributed by atoms with Crippen molar-refractivity contribution in [3.63, 3.8) is 0 Å². The Kier molecular flexibility index (Phi) is 3.11. The van der Waals surface area contributed by atoms with Crippen molar-refractivity contribution < 1.29 is 14.7 Å². The van der Waals surface area contributed by atoms with Crippen LogP contribution in [-0.4, -0.2) is 24.0 Å². The number of carboxylic acids is 1. The van der Waals surface area contributed by atoms with E-state index in [0.29, 0.717) is 6.42 Å². The van der Waals surface area contributed by atoms with Gasteiger partial charge in [0.25, 0.3) is 0 Å². The van der Waals surface area contributed by atoms with Crippen LogP contribution >= 0.6 is 0 Å². The molecule has 18 heavy (non-hydrogen) atoms. The van der Waals surface area contributed by atoms with E-state index >= 15 is 0 Å². The zero-order valence-corrected chi connectivity index (χ0v) is 10.8. The molecule has 0 bridgehead atoms. The molecule has 1 aromatic carbocycles. The first kappa shape index (κ1) is 12.6. The van der Waals surface area contributed by atoms with E-state index < -0.39 is 11.9 Å². The van der Waals surface area contributed by atoms with E-state index in [-0.39, 0.29) is 11.8 Å². The first-order chi connectivity index (χ1) is 8.41. The van der Waals surface area contributed by atoms with E-state index in [1.807, 2.05) is 32.0 Å². The number of nitrogens with zero attached hydrogens (tertiary/aromatic N) is 1. The number of anilines is 1. The molecule has 1 aliphatic rings. The summed E-state index contributed by atoms with van der Waals surface area (Å²) in [5.41, 5.74) is 3.02. The Morgan fingerprint density at radius 2 is 1.94 bits per heavy atom. The second-order valence-corrected chi connectivity index (χ2v) is 4.97. The number of benzene rings is 1. The summed E-state index contributed by atoms with van der Waals surface area (Å²) in [5.74, 6) is -1.82. The second kappa shape index (κ2) is 4.44. The van der Waals surface area contributed by atoms with Crippen LogP contribution in [0.1, 0.15) is 17.5 Å². The summed E-state index contributed by atoms with van der Waals surface area (Å²) >= 11 is 0. The highest BCUT2D eigenvalue weighted by molar-refractivity contribution is 6.00. The molecule has 1 aliphatic carbocycles. The van der Waals surface area contributed by atoms with Gasteiger partial charge in [-0.1, -0.05) is 17.7 Å². The van der Waals surface area contributed by atoms with Gasteiger partial charge in [0.15, 0.2) is 0 Å². The predicted octanol–water partition coefficient (Wildman–Crippen LogP) is 1.99. The monoisotopic (exact) mass is 247 g/mol. The summed E-state index contributed by atoms with van der Waals surface area (Å²) in [6.07, 6.45) is 0.462. The number of carbonyl (C=O) groups excluding carboxylic acids is 1. The highest BCUT2D eigenvalue weighted by Gasteiger charge is 2.49. The van der Waals surface area contributed by atoms with Crippen LogP contribution in [0, 0.1) is 25.7 Å². The third-order valence-electron chi connectivity index (χ3n) is 3.47. The first-order valence-corrected chi connectivity index (χ1v) is 5.99. The quantitative estimate of drug-likeness (QED) is 0.888. The predicted molar refractivity (Wildman–Crippen MR) is 68.6 cm³/mol. The molecule has 0 unspecified atom stereocenters. The molecule has 0 spiro atoms. The maximum absolute atomic E-state index is 12.1. The molecular formula is C14H17NO3. The minimum Gasteiger partial charge on any atom is -0.481 e. The van der Waals surface area contributed by atoms with Crippen LogP contribution in [0.25, 0.3) is 0 Å². The van der Waals surface area contributed by atoms with Gasteiger partial charge in [-0.25, -0.2) is 0 Å². The van der Waals surface area contributed by atoms with Gasteiger partial charge in [0, 0.05) is 12.7 Å². The summed E-state index contributed by atoms with van der Waals surface area (Å²) < 4.78 is 0. The molecule has 0 aromatic heterocycles. The summed E-state index contributed by atoms with van der Waals surface area (Å²) in [6.45, 7) is 3.95. The minimum absolute atomic E-state index is 0.102. The van der Waals surface area contributed by atoms with Gasteiger partial charge >= 0.3 is 5.97 Å².